The van der Waals surface area contributed by atoms with Gasteiger partial charge in [-0.3, -0.25) is 4.79 Å². The average Bonchev–Trinajstić information content (AvgIpc) is 2.97. The Morgan fingerprint density at radius 3 is 2.96 bits per heavy atom. The Morgan fingerprint density at radius 2 is 2.30 bits per heavy atom. The number of nitrogens with zero attached hydrogens (tertiary/aromatic N) is 2. The number of pyridine rings is 1. The van der Waals surface area contributed by atoms with E-state index in [1.54, 1.807) is 18.3 Å². The summed E-state index contributed by atoms with van der Waals surface area (Å²) in [5, 5.41) is 14.7. The van der Waals surface area contributed by atoms with E-state index in [-0.39, 0.29) is 12.5 Å². The highest BCUT2D eigenvalue weighted by Crippen LogP contribution is 2.16. The molecule has 1 amide bonds. The maximum absolute atomic E-state index is 12.2. The van der Waals surface area contributed by atoms with Gasteiger partial charge >= 0.3 is 0 Å². The lowest BCUT2D eigenvalue weighted by molar-refractivity contribution is 0.0947. The second kappa shape index (κ2) is 8.84. The normalized spacial score (nSPS) is 18.3. The molecule has 1 fully saturated rings. The van der Waals surface area contributed by atoms with Gasteiger partial charge < -0.3 is 20.6 Å². The summed E-state index contributed by atoms with van der Waals surface area (Å²) in [4.78, 5) is 18.8. The van der Waals surface area contributed by atoms with Crippen LogP contribution in [0.2, 0.25) is 0 Å². The highest BCUT2D eigenvalue weighted by Gasteiger charge is 2.23. The van der Waals surface area contributed by atoms with Crippen molar-refractivity contribution in [3.05, 3.63) is 23.9 Å². The predicted molar refractivity (Wildman–Crippen MR) is 91.5 cm³/mol. The molecule has 1 saturated heterocycles. The molecule has 2 rings (SSSR count). The Hall–Kier alpha value is -1.66. The number of hydrogen-bond donors (Lipinski definition) is 3. The van der Waals surface area contributed by atoms with Gasteiger partial charge in [-0.05, 0) is 36.9 Å². The third-order valence-corrected chi connectivity index (χ3v) is 3.99. The van der Waals surface area contributed by atoms with Crippen LogP contribution in [0.5, 0.6) is 0 Å². The molecule has 2 heterocycles. The molecule has 23 heavy (non-hydrogen) atoms. The number of aromatic nitrogens is 1. The first-order valence-corrected chi connectivity index (χ1v) is 8.40. The summed E-state index contributed by atoms with van der Waals surface area (Å²) in [6.07, 6.45) is 2.71. The summed E-state index contributed by atoms with van der Waals surface area (Å²) >= 11 is 0. The number of rotatable bonds is 8. The molecule has 3 N–H and O–H groups in total. The number of amides is 1. The lowest BCUT2D eigenvalue weighted by atomic mass is 10.1. The minimum atomic E-state index is -0.0754. The fourth-order valence-electron chi connectivity index (χ4n) is 2.92. The van der Waals surface area contributed by atoms with E-state index in [2.05, 4.69) is 34.4 Å². The minimum absolute atomic E-state index is 0.0547. The van der Waals surface area contributed by atoms with Crippen LogP contribution in [0.4, 0.5) is 5.82 Å². The van der Waals surface area contributed by atoms with Crippen LogP contribution in [0.3, 0.4) is 0 Å². The Bertz CT molecular complexity index is 490. The van der Waals surface area contributed by atoms with Crippen molar-refractivity contribution in [1.29, 1.82) is 0 Å². The van der Waals surface area contributed by atoms with E-state index >= 15 is 0 Å². The molecule has 0 aromatic carbocycles. The van der Waals surface area contributed by atoms with Gasteiger partial charge in [0, 0.05) is 32.4 Å². The smallest absolute Gasteiger partial charge is 0.252 e. The molecule has 1 atom stereocenters. The number of aliphatic hydroxyl groups excluding tert-OH is 1. The molecular formula is C17H28N4O2. The fraction of sp³-hybridized carbons (Fsp3) is 0.647. The summed E-state index contributed by atoms with van der Waals surface area (Å²) in [7, 11) is 0. The molecule has 0 unspecified atom stereocenters. The number of carbonyl (C=O) groups is 1. The molecule has 1 aromatic rings. The van der Waals surface area contributed by atoms with Crippen molar-refractivity contribution in [3.63, 3.8) is 0 Å². The van der Waals surface area contributed by atoms with Gasteiger partial charge in [-0.2, -0.15) is 0 Å². The van der Waals surface area contributed by atoms with Crippen LogP contribution in [0, 0.1) is 11.8 Å². The van der Waals surface area contributed by atoms with Gasteiger partial charge in [0.1, 0.15) is 5.82 Å². The van der Waals surface area contributed by atoms with Crippen LogP contribution in [-0.4, -0.2) is 60.2 Å². The van der Waals surface area contributed by atoms with Gasteiger partial charge in [0.2, 0.25) is 0 Å². The van der Waals surface area contributed by atoms with Gasteiger partial charge in [0.25, 0.3) is 5.91 Å². The van der Waals surface area contributed by atoms with Gasteiger partial charge in [0.05, 0.1) is 12.2 Å². The van der Waals surface area contributed by atoms with E-state index in [1.165, 1.54) is 0 Å². The van der Waals surface area contributed by atoms with Crippen LogP contribution in [-0.2, 0) is 0 Å². The largest absolute Gasteiger partial charge is 0.395 e. The molecule has 128 valence electrons. The Morgan fingerprint density at radius 1 is 1.48 bits per heavy atom. The molecule has 0 bridgehead atoms. The zero-order valence-corrected chi connectivity index (χ0v) is 14.1. The summed E-state index contributed by atoms with van der Waals surface area (Å²) in [5.74, 6) is 1.81. The maximum atomic E-state index is 12.2. The number of nitrogens with one attached hydrogen (secondary N) is 2. The van der Waals surface area contributed by atoms with Gasteiger partial charge in [-0.1, -0.05) is 13.8 Å². The third-order valence-electron chi connectivity index (χ3n) is 3.99. The first kappa shape index (κ1) is 17.7. The molecule has 1 aliphatic rings. The SMILES string of the molecule is CC(C)CN1CC[C@H](CNC(=O)c2ccc(NCCO)nc2)C1. The first-order chi connectivity index (χ1) is 11.1. The summed E-state index contributed by atoms with van der Waals surface area (Å²) < 4.78 is 0. The summed E-state index contributed by atoms with van der Waals surface area (Å²) in [6.45, 7) is 9.04. The third kappa shape index (κ3) is 5.80. The zero-order valence-electron chi connectivity index (χ0n) is 14.1. The quantitative estimate of drug-likeness (QED) is 0.671. The Labute approximate surface area is 138 Å². The standard InChI is InChI=1S/C17H28N4O2/c1-13(2)11-21-7-5-14(12-21)9-20-17(23)15-3-4-16(19-10-15)18-6-8-22/h3-4,10,13-14,22H,5-9,11-12H2,1-2H3,(H,18,19)(H,20,23)/t14-/m1/s1. The molecular weight excluding hydrogens is 292 g/mol. The molecule has 6 nitrogen and oxygen atoms in total. The molecule has 0 aliphatic carbocycles. The van der Waals surface area contributed by atoms with E-state index in [4.69, 9.17) is 5.11 Å². The van der Waals surface area contributed by atoms with E-state index in [0.717, 1.165) is 32.6 Å². The topological polar surface area (TPSA) is 77.5 Å². The fourth-order valence-corrected chi connectivity index (χ4v) is 2.92. The minimum Gasteiger partial charge on any atom is -0.395 e. The number of likely N-dealkylation sites (tertiary alicyclic amines) is 1. The Balaban J connectivity index is 1.74. The molecule has 0 radical (unpaired) electrons. The Kier molecular flexibility index (Phi) is 6.80. The number of carbonyl (C=O) groups excluding carboxylic acids is 1. The second-order valence-electron chi connectivity index (χ2n) is 6.60. The van der Waals surface area contributed by atoms with Crippen LogP contribution in [0.15, 0.2) is 18.3 Å². The van der Waals surface area contributed by atoms with Gasteiger partial charge in [0.15, 0.2) is 0 Å². The van der Waals surface area contributed by atoms with E-state index in [0.29, 0.717) is 29.8 Å². The molecule has 0 spiro atoms. The monoisotopic (exact) mass is 320 g/mol. The van der Waals surface area contributed by atoms with Crippen LogP contribution >= 0.6 is 0 Å². The maximum Gasteiger partial charge on any atom is 0.252 e. The van der Waals surface area contributed by atoms with Crippen LogP contribution in [0.1, 0.15) is 30.6 Å². The van der Waals surface area contributed by atoms with E-state index in [1.807, 2.05) is 0 Å². The van der Waals surface area contributed by atoms with E-state index in [9.17, 15) is 4.79 Å². The van der Waals surface area contributed by atoms with Crippen molar-refractivity contribution in [2.24, 2.45) is 11.8 Å². The highest BCUT2D eigenvalue weighted by molar-refractivity contribution is 5.94. The molecule has 1 aromatic heterocycles. The number of hydrogen-bond acceptors (Lipinski definition) is 5. The lowest BCUT2D eigenvalue weighted by Crippen LogP contribution is -2.32. The van der Waals surface area contributed by atoms with Crippen molar-refractivity contribution < 1.29 is 9.90 Å². The lowest BCUT2D eigenvalue weighted by Gasteiger charge is -2.18. The summed E-state index contributed by atoms with van der Waals surface area (Å²) in [5.41, 5.74) is 0.566. The molecule has 1 aliphatic heterocycles. The number of anilines is 1. The van der Waals surface area contributed by atoms with Gasteiger partial charge in [-0.15, -0.1) is 0 Å². The number of aliphatic hydroxyl groups is 1. The average molecular weight is 320 g/mol. The van der Waals surface area contributed by atoms with Crippen molar-refractivity contribution in [3.8, 4) is 0 Å². The van der Waals surface area contributed by atoms with Gasteiger partial charge in [-0.25, -0.2) is 4.98 Å². The van der Waals surface area contributed by atoms with E-state index < -0.39 is 0 Å². The second-order valence-corrected chi connectivity index (χ2v) is 6.60. The molecule has 0 saturated carbocycles. The highest BCUT2D eigenvalue weighted by atomic mass is 16.3. The first-order valence-electron chi connectivity index (χ1n) is 8.40. The van der Waals surface area contributed by atoms with Crippen LogP contribution < -0.4 is 10.6 Å². The van der Waals surface area contributed by atoms with Crippen LogP contribution in [0.25, 0.3) is 0 Å². The predicted octanol–water partition coefficient (Wildman–Crippen LogP) is 1.19. The van der Waals surface area contributed by atoms with Crippen molar-refractivity contribution in [2.45, 2.75) is 20.3 Å². The summed E-state index contributed by atoms with van der Waals surface area (Å²) in [6, 6.07) is 3.51. The van der Waals surface area contributed by atoms with Crippen molar-refractivity contribution in [1.82, 2.24) is 15.2 Å². The van der Waals surface area contributed by atoms with Crippen molar-refractivity contribution >= 4 is 11.7 Å². The van der Waals surface area contributed by atoms with Crippen molar-refractivity contribution in [2.75, 3.05) is 44.6 Å². The zero-order chi connectivity index (χ0) is 16.7. The molecule has 6 heteroatoms.